The van der Waals surface area contributed by atoms with Crippen molar-refractivity contribution >= 4 is 34.0 Å². The van der Waals surface area contributed by atoms with Crippen LogP contribution in [0.5, 0.6) is 0 Å². The summed E-state index contributed by atoms with van der Waals surface area (Å²) in [6, 6.07) is 8.80. The molecule has 27 heavy (non-hydrogen) atoms. The zero-order chi connectivity index (χ0) is 18.6. The van der Waals surface area contributed by atoms with Crippen molar-refractivity contribution in [2.24, 2.45) is 0 Å². The second-order valence-corrected chi connectivity index (χ2v) is 7.59. The lowest BCUT2D eigenvalue weighted by atomic mass is 9.96. The first-order valence-electron chi connectivity index (χ1n) is 9.00. The van der Waals surface area contributed by atoms with E-state index in [1.807, 2.05) is 10.7 Å². The number of carbonyl (C=O) groups excluding carboxylic acids is 2. The number of amides is 2. The van der Waals surface area contributed by atoms with Crippen LogP contribution in [0.2, 0.25) is 0 Å². The highest BCUT2D eigenvalue weighted by atomic mass is 32.1. The lowest BCUT2D eigenvalue weighted by molar-refractivity contribution is 0.0995. The summed E-state index contributed by atoms with van der Waals surface area (Å²) in [6.45, 7) is 0. The molecule has 0 atom stereocenters. The van der Waals surface area contributed by atoms with Gasteiger partial charge in [-0.1, -0.05) is 19.3 Å². The quantitative estimate of drug-likeness (QED) is 0.675. The van der Waals surface area contributed by atoms with E-state index in [9.17, 15) is 9.59 Å². The molecule has 1 aliphatic carbocycles. The van der Waals surface area contributed by atoms with E-state index < -0.39 is 0 Å². The van der Waals surface area contributed by atoms with Crippen molar-refractivity contribution in [3.05, 3.63) is 53.4 Å². The fourth-order valence-corrected chi connectivity index (χ4v) is 4.11. The van der Waals surface area contributed by atoms with Gasteiger partial charge in [-0.25, -0.2) is 4.68 Å². The van der Waals surface area contributed by atoms with Gasteiger partial charge in [-0.15, -0.1) is 11.3 Å². The monoisotopic (exact) mass is 384 g/mol. The molecule has 0 bridgehead atoms. The van der Waals surface area contributed by atoms with Gasteiger partial charge >= 0.3 is 0 Å². The van der Waals surface area contributed by atoms with Crippen molar-refractivity contribution < 1.29 is 14.0 Å². The van der Waals surface area contributed by atoms with E-state index in [2.05, 4.69) is 15.7 Å². The third-order valence-electron chi connectivity index (χ3n) is 4.64. The van der Waals surface area contributed by atoms with Crippen LogP contribution in [0.15, 0.2) is 47.2 Å². The van der Waals surface area contributed by atoms with Gasteiger partial charge in [0.2, 0.25) is 0 Å². The molecule has 1 saturated carbocycles. The zero-order valence-corrected chi connectivity index (χ0v) is 15.5. The number of nitrogens with one attached hydrogen (secondary N) is 2. The van der Waals surface area contributed by atoms with Crippen molar-refractivity contribution in [2.75, 3.05) is 10.6 Å². The first kappa shape index (κ1) is 17.5. The van der Waals surface area contributed by atoms with Gasteiger partial charge in [0.15, 0.2) is 5.76 Å². The molecule has 4 rings (SSSR count). The van der Waals surface area contributed by atoms with E-state index in [0.29, 0.717) is 21.7 Å². The number of furan rings is 1. The van der Waals surface area contributed by atoms with Crippen LogP contribution in [0.25, 0.3) is 0 Å². The van der Waals surface area contributed by atoms with Crippen molar-refractivity contribution in [1.29, 1.82) is 0 Å². The Morgan fingerprint density at radius 3 is 2.70 bits per heavy atom. The van der Waals surface area contributed by atoms with Crippen molar-refractivity contribution in [3.63, 3.8) is 0 Å². The highest BCUT2D eigenvalue weighted by Gasteiger charge is 2.20. The molecular weight excluding hydrogens is 364 g/mol. The van der Waals surface area contributed by atoms with Crippen LogP contribution in [0, 0.1) is 0 Å². The number of hydrogen-bond acceptors (Lipinski definition) is 5. The van der Waals surface area contributed by atoms with E-state index in [1.54, 1.807) is 30.5 Å². The van der Waals surface area contributed by atoms with Gasteiger partial charge in [-0.3, -0.25) is 9.59 Å². The number of thiophene rings is 1. The molecule has 1 fully saturated rings. The van der Waals surface area contributed by atoms with Crippen LogP contribution < -0.4 is 10.6 Å². The average Bonchev–Trinajstić information content (AvgIpc) is 3.44. The molecule has 3 aromatic heterocycles. The molecule has 1 aliphatic rings. The molecule has 2 amide bonds. The Hall–Kier alpha value is -2.87. The Bertz CT molecular complexity index is 923. The summed E-state index contributed by atoms with van der Waals surface area (Å²) in [4.78, 5) is 25.1. The van der Waals surface area contributed by atoms with Crippen LogP contribution in [-0.2, 0) is 0 Å². The molecule has 0 aromatic carbocycles. The van der Waals surface area contributed by atoms with Gasteiger partial charge in [-0.05, 0) is 37.1 Å². The average molecular weight is 384 g/mol. The first-order valence-corrected chi connectivity index (χ1v) is 9.82. The molecule has 140 valence electrons. The van der Waals surface area contributed by atoms with E-state index >= 15 is 0 Å². The molecule has 0 spiro atoms. The minimum absolute atomic E-state index is 0.212. The summed E-state index contributed by atoms with van der Waals surface area (Å²) in [5.41, 5.74) is 0. The predicted octanol–water partition coefficient (Wildman–Crippen LogP) is 4.55. The summed E-state index contributed by atoms with van der Waals surface area (Å²) >= 11 is 1.21. The maximum absolute atomic E-state index is 12.6. The van der Waals surface area contributed by atoms with E-state index in [4.69, 9.17) is 4.42 Å². The summed E-state index contributed by atoms with van der Waals surface area (Å²) in [7, 11) is 0. The van der Waals surface area contributed by atoms with Gasteiger partial charge in [0.25, 0.3) is 11.8 Å². The summed E-state index contributed by atoms with van der Waals surface area (Å²) in [5, 5.41) is 10.7. The number of anilines is 2. The van der Waals surface area contributed by atoms with Crippen LogP contribution >= 0.6 is 11.3 Å². The van der Waals surface area contributed by atoms with Crippen molar-refractivity contribution in [3.8, 4) is 0 Å². The van der Waals surface area contributed by atoms with Crippen molar-refractivity contribution in [1.82, 2.24) is 9.78 Å². The van der Waals surface area contributed by atoms with Gasteiger partial charge in [0, 0.05) is 6.07 Å². The fourth-order valence-electron chi connectivity index (χ4n) is 3.32. The second-order valence-electron chi connectivity index (χ2n) is 6.50. The standard InChI is InChI=1S/C19H20N4O3S/c24-18(14-7-4-12-26-14)22-17-9-8-15(27-17)19(25)21-16-10-11-20-23(16)13-5-2-1-3-6-13/h4,7-13H,1-3,5-6H2,(H,21,25)(H,22,24). The SMILES string of the molecule is O=C(Nc1ccc(C(=O)Nc2ccnn2C2CCCCC2)s1)c1ccco1. The maximum Gasteiger partial charge on any atom is 0.291 e. The minimum Gasteiger partial charge on any atom is -0.459 e. The largest absolute Gasteiger partial charge is 0.459 e. The molecule has 8 heteroatoms. The molecule has 3 heterocycles. The molecule has 0 unspecified atom stereocenters. The van der Waals surface area contributed by atoms with Gasteiger partial charge in [-0.2, -0.15) is 5.10 Å². The Labute approximate surface area is 160 Å². The Morgan fingerprint density at radius 2 is 1.93 bits per heavy atom. The number of carbonyl (C=O) groups is 2. The summed E-state index contributed by atoms with van der Waals surface area (Å²) in [6.07, 6.45) is 8.99. The normalized spacial score (nSPS) is 14.8. The van der Waals surface area contributed by atoms with Crippen LogP contribution in [0.1, 0.15) is 58.4 Å². The minimum atomic E-state index is -0.343. The Morgan fingerprint density at radius 1 is 1.07 bits per heavy atom. The fraction of sp³-hybridized carbons (Fsp3) is 0.316. The van der Waals surface area contributed by atoms with Gasteiger partial charge in [0.1, 0.15) is 5.82 Å². The van der Waals surface area contributed by atoms with Gasteiger partial charge < -0.3 is 15.1 Å². The molecule has 0 aliphatic heterocycles. The topological polar surface area (TPSA) is 89.2 Å². The highest BCUT2D eigenvalue weighted by molar-refractivity contribution is 7.18. The number of rotatable bonds is 5. The smallest absolute Gasteiger partial charge is 0.291 e. The lowest BCUT2D eigenvalue weighted by Gasteiger charge is -2.23. The number of hydrogen-bond donors (Lipinski definition) is 2. The number of aromatic nitrogens is 2. The third-order valence-corrected chi connectivity index (χ3v) is 5.64. The number of nitrogens with zero attached hydrogens (tertiary/aromatic N) is 2. The van der Waals surface area contributed by atoms with Gasteiger partial charge in [0.05, 0.1) is 28.4 Å². The van der Waals surface area contributed by atoms with E-state index in [-0.39, 0.29) is 17.6 Å². The lowest BCUT2D eigenvalue weighted by Crippen LogP contribution is -2.19. The summed E-state index contributed by atoms with van der Waals surface area (Å²) < 4.78 is 6.99. The first-order chi connectivity index (χ1) is 13.2. The van der Waals surface area contributed by atoms with Crippen LogP contribution in [-0.4, -0.2) is 21.6 Å². The second kappa shape index (κ2) is 7.79. The molecule has 0 radical (unpaired) electrons. The van der Waals surface area contributed by atoms with E-state index in [0.717, 1.165) is 12.8 Å². The van der Waals surface area contributed by atoms with Crippen LogP contribution in [0.4, 0.5) is 10.8 Å². The third kappa shape index (κ3) is 3.95. The molecular formula is C19H20N4O3S. The van der Waals surface area contributed by atoms with Crippen LogP contribution in [0.3, 0.4) is 0 Å². The molecule has 3 aromatic rings. The van der Waals surface area contributed by atoms with E-state index in [1.165, 1.54) is 36.9 Å². The Balaban J connectivity index is 1.41. The molecule has 0 saturated heterocycles. The maximum atomic E-state index is 12.6. The van der Waals surface area contributed by atoms with Crippen molar-refractivity contribution in [2.45, 2.75) is 38.1 Å². The zero-order valence-electron chi connectivity index (χ0n) is 14.7. The molecule has 7 nitrogen and oxygen atoms in total. The predicted molar refractivity (Wildman–Crippen MR) is 103 cm³/mol. The summed E-state index contributed by atoms with van der Waals surface area (Å²) in [5.74, 6) is 0.382. The Kier molecular flexibility index (Phi) is 5.06. The highest BCUT2D eigenvalue weighted by Crippen LogP contribution is 2.30. The molecule has 2 N–H and O–H groups in total.